The van der Waals surface area contributed by atoms with Crippen molar-refractivity contribution in [3.05, 3.63) is 216 Å². The first-order chi connectivity index (χ1) is 26.8. The van der Waals surface area contributed by atoms with Gasteiger partial charge in [0.15, 0.2) is 0 Å². The lowest BCUT2D eigenvalue weighted by Gasteiger charge is -2.33. The number of allylic oxidation sites excluding steroid dienone is 4. The van der Waals surface area contributed by atoms with Crippen LogP contribution in [-0.4, -0.2) is 0 Å². The Bertz CT molecular complexity index is 2520. The van der Waals surface area contributed by atoms with Crippen LogP contribution in [0.4, 0.5) is 17.1 Å². The van der Waals surface area contributed by atoms with Crippen molar-refractivity contribution in [3.63, 3.8) is 0 Å². The lowest BCUT2D eigenvalue weighted by molar-refractivity contribution is 0.393. The van der Waals surface area contributed by atoms with Gasteiger partial charge in [0.2, 0.25) is 0 Å². The van der Waals surface area contributed by atoms with Gasteiger partial charge in [-0.1, -0.05) is 179 Å². The molecule has 7 aromatic carbocycles. The maximum Gasteiger partial charge on any atom is 0.0465 e. The first-order valence-electron chi connectivity index (χ1n) is 19.7. The van der Waals surface area contributed by atoms with Gasteiger partial charge in [0.1, 0.15) is 0 Å². The number of fused-ring (bicyclic) bond motifs is 6. The van der Waals surface area contributed by atoms with E-state index in [1.165, 1.54) is 72.5 Å². The highest BCUT2D eigenvalue weighted by Crippen LogP contribution is 2.61. The van der Waals surface area contributed by atoms with Crippen LogP contribution >= 0.6 is 0 Å². The van der Waals surface area contributed by atoms with Crippen LogP contribution in [0, 0.1) is 5.92 Å². The maximum atomic E-state index is 2.64. The molecule has 0 fully saturated rings. The van der Waals surface area contributed by atoms with Crippen molar-refractivity contribution in [1.29, 1.82) is 0 Å². The van der Waals surface area contributed by atoms with Crippen LogP contribution in [0.1, 0.15) is 55.9 Å². The summed E-state index contributed by atoms with van der Waals surface area (Å²) in [6.07, 6.45) is 5.28. The standard InChI is InChI=1S/C54H45N/c1-53(2)49-31-24-41(38-18-12-7-13-19-38)32-46(49)48-35-51-47(34-52(48)53)45-30-29-44(33-50(45)54(51,3)4)55(42-25-20-39(21-26-42)36-14-8-5-9-15-36)43-27-22-40(23-28-43)37-16-10-6-11-17-37/h5-35,48,52H,1-4H3. The summed E-state index contributed by atoms with van der Waals surface area (Å²) in [5, 5.41) is 0. The Kier molecular flexibility index (Phi) is 7.72. The normalized spacial score (nSPS) is 18.3. The highest BCUT2D eigenvalue weighted by Gasteiger charge is 2.50. The minimum absolute atomic E-state index is 0.0334. The largest absolute Gasteiger partial charge is 0.310 e. The van der Waals surface area contributed by atoms with Crippen LogP contribution in [0.2, 0.25) is 0 Å². The molecule has 0 bridgehead atoms. The third-order valence-electron chi connectivity index (χ3n) is 12.8. The van der Waals surface area contributed by atoms with E-state index in [2.05, 4.69) is 221 Å². The monoisotopic (exact) mass is 707 g/mol. The summed E-state index contributed by atoms with van der Waals surface area (Å²) in [5.74, 6) is 0.750. The van der Waals surface area contributed by atoms with Crippen molar-refractivity contribution in [2.75, 3.05) is 4.90 Å². The quantitative estimate of drug-likeness (QED) is 0.166. The van der Waals surface area contributed by atoms with Gasteiger partial charge < -0.3 is 4.90 Å². The number of nitrogens with zero attached hydrogens (tertiary/aromatic N) is 1. The first-order valence-corrected chi connectivity index (χ1v) is 19.7. The van der Waals surface area contributed by atoms with Gasteiger partial charge in [-0.3, -0.25) is 0 Å². The molecule has 10 rings (SSSR count). The van der Waals surface area contributed by atoms with Crippen molar-refractivity contribution < 1.29 is 0 Å². The van der Waals surface area contributed by atoms with Crippen LogP contribution in [0.3, 0.4) is 0 Å². The molecule has 0 amide bonds. The number of rotatable bonds is 6. The Labute approximate surface area is 326 Å². The Balaban J connectivity index is 1.06. The van der Waals surface area contributed by atoms with E-state index < -0.39 is 0 Å². The summed E-state index contributed by atoms with van der Waals surface area (Å²) in [4.78, 5) is 2.42. The molecule has 7 aromatic rings. The average molecular weight is 708 g/mol. The van der Waals surface area contributed by atoms with Crippen LogP contribution in [0.25, 0.3) is 39.0 Å². The topological polar surface area (TPSA) is 3.24 Å². The van der Waals surface area contributed by atoms with Crippen molar-refractivity contribution in [3.8, 4) is 33.4 Å². The molecule has 3 aliphatic carbocycles. The maximum absolute atomic E-state index is 2.64. The molecule has 0 N–H and O–H groups in total. The molecule has 1 nitrogen and oxygen atoms in total. The predicted molar refractivity (Wildman–Crippen MR) is 232 cm³/mol. The number of hydrogen-bond donors (Lipinski definition) is 0. The molecule has 0 spiro atoms. The van der Waals surface area contributed by atoms with Crippen LogP contribution in [0.5, 0.6) is 0 Å². The second-order valence-corrected chi connectivity index (χ2v) is 16.6. The van der Waals surface area contributed by atoms with Gasteiger partial charge in [-0.05, 0) is 115 Å². The molecular formula is C54H45N. The zero-order valence-corrected chi connectivity index (χ0v) is 32.0. The molecule has 1 heteroatoms. The number of anilines is 3. The molecule has 2 unspecified atom stereocenters. The van der Waals surface area contributed by atoms with E-state index in [0.717, 1.165) is 11.4 Å². The van der Waals surface area contributed by atoms with E-state index in [0.29, 0.717) is 11.8 Å². The second kappa shape index (κ2) is 12.7. The van der Waals surface area contributed by atoms with Gasteiger partial charge >= 0.3 is 0 Å². The van der Waals surface area contributed by atoms with E-state index in [1.54, 1.807) is 0 Å². The van der Waals surface area contributed by atoms with Crippen molar-refractivity contribution in [1.82, 2.24) is 0 Å². The van der Waals surface area contributed by atoms with Crippen molar-refractivity contribution in [2.45, 2.75) is 44.4 Å². The Hall–Kier alpha value is -6.18. The highest BCUT2D eigenvalue weighted by molar-refractivity contribution is 5.93. The first kappa shape index (κ1) is 33.4. The molecule has 2 atom stereocenters. The minimum Gasteiger partial charge on any atom is -0.310 e. The van der Waals surface area contributed by atoms with E-state index in [-0.39, 0.29) is 10.8 Å². The minimum atomic E-state index is -0.147. The van der Waals surface area contributed by atoms with Crippen LogP contribution < -0.4 is 4.90 Å². The summed E-state index contributed by atoms with van der Waals surface area (Å²) in [7, 11) is 0. The molecule has 0 radical (unpaired) electrons. The fourth-order valence-corrected chi connectivity index (χ4v) is 9.76. The van der Waals surface area contributed by atoms with Gasteiger partial charge in [0.05, 0.1) is 0 Å². The Morgan fingerprint density at radius 1 is 0.418 bits per heavy atom. The lowest BCUT2D eigenvalue weighted by Crippen LogP contribution is -2.27. The van der Waals surface area contributed by atoms with E-state index in [1.807, 2.05) is 0 Å². The third kappa shape index (κ3) is 5.44. The summed E-state index contributed by atoms with van der Waals surface area (Å²) in [6, 6.07) is 64.6. The Morgan fingerprint density at radius 3 is 1.44 bits per heavy atom. The van der Waals surface area contributed by atoms with Gasteiger partial charge in [-0.2, -0.15) is 0 Å². The average Bonchev–Trinajstić information content (AvgIpc) is 3.60. The molecule has 0 saturated carbocycles. The molecule has 55 heavy (non-hydrogen) atoms. The number of hydrogen-bond acceptors (Lipinski definition) is 1. The second-order valence-electron chi connectivity index (χ2n) is 16.6. The van der Waals surface area contributed by atoms with Crippen LogP contribution in [-0.2, 0) is 10.8 Å². The predicted octanol–water partition coefficient (Wildman–Crippen LogP) is 14.5. The molecule has 0 aromatic heterocycles. The molecule has 0 aliphatic heterocycles. The summed E-state index contributed by atoms with van der Waals surface area (Å²) in [6.45, 7) is 9.75. The third-order valence-corrected chi connectivity index (χ3v) is 12.8. The molecular weight excluding hydrogens is 663 g/mol. The van der Waals surface area contributed by atoms with E-state index in [4.69, 9.17) is 0 Å². The van der Waals surface area contributed by atoms with Gasteiger partial charge in [-0.15, -0.1) is 0 Å². The summed E-state index contributed by atoms with van der Waals surface area (Å²) < 4.78 is 0. The van der Waals surface area contributed by atoms with Crippen LogP contribution in [0.15, 0.2) is 194 Å². The SMILES string of the molecule is CC1(C)C2=CC3c4cc(-c5ccccc5)ccc4C(C)(C)C3C=C2c2ccc(N(c3ccc(-c4ccccc4)cc3)c3ccc(-c4ccccc4)cc3)cc21. The van der Waals surface area contributed by atoms with Gasteiger partial charge in [0.25, 0.3) is 0 Å². The van der Waals surface area contributed by atoms with Crippen molar-refractivity contribution >= 4 is 22.6 Å². The summed E-state index contributed by atoms with van der Waals surface area (Å²) in [5.41, 5.74) is 19.4. The Morgan fingerprint density at radius 2 is 0.891 bits per heavy atom. The zero-order valence-electron chi connectivity index (χ0n) is 32.0. The van der Waals surface area contributed by atoms with E-state index in [9.17, 15) is 0 Å². The molecule has 0 heterocycles. The number of benzene rings is 7. The van der Waals surface area contributed by atoms with Gasteiger partial charge in [-0.25, -0.2) is 0 Å². The van der Waals surface area contributed by atoms with E-state index >= 15 is 0 Å². The fourth-order valence-electron chi connectivity index (χ4n) is 9.76. The molecule has 266 valence electrons. The van der Waals surface area contributed by atoms with Gasteiger partial charge in [0, 0.05) is 28.4 Å². The molecule has 3 aliphatic rings. The summed E-state index contributed by atoms with van der Waals surface area (Å²) >= 11 is 0. The van der Waals surface area contributed by atoms with Crippen molar-refractivity contribution in [2.24, 2.45) is 5.92 Å². The lowest BCUT2D eigenvalue weighted by atomic mass is 9.70. The highest BCUT2D eigenvalue weighted by atomic mass is 15.1. The fraction of sp³-hybridized carbons (Fsp3) is 0.148. The molecule has 0 saturated heterocycles. The smallest absolute Gasteiger partial charge is 0.0465 e. The zero-order chi connectivity index (χ0) is 37.3.